The van der Waals surface area contributed by atoms with Gasteiger partial charge in [0.25, 0.3) is 0 Å². The van der Waals surface area contributed by atoms with E-state index in [0.29, 0.717) is 13.2 Å². The number of rotatable bonds is 8. The van der Waals surface area contributed by atoms with Crippen LogP contribution in [0.4, 0.5) is 0 Å². The van der Waals surface area contributed by atoms with Gasteiger partial charge in [-0.1, -0.05) is 60.7 Å². The fraction of sp³-hybridized carbons (Fsp3) is 0.455. The van der Waals surface area contributed by atoms with Crippen LogP contribution in [0.5, 0.6) is 0 Å². The minimum atomic E-state index is -0.412. The van der Waals surface area contributed by atoms with Crippen LogP contribution < -0.4 is 0 Å². The summed E-state index contributed by atoms with van der Waals surface area (Å²) in [4.78, 5) is 0. The monoisotopic (exact) mass is 340 g/mol. The zero-order chi connectivity index (χ0) is 17.4. The fourth-order valence-corrected chi connectivity index (χ4v) is 3.95. The Kier molecular flexibility index (Phi) is 6.62. The summed E-state index contributed by atoms with van der Waals surface area (Å²) in [5.74, 6) is 0. The third-order valence-corrected chi connectivity index (χ3v) is 5.15. The van der Waals surface area contributed by atoms with Gasteiger partial charge in [-0.3, -0.25) is 0 Å². The molecule has 0 bridgehead atoms. The maximum absolute atomic E-state index is 10.6. The summed E-state index contributed by atoms with van der Waals surface area (Å²) in [6.45, 7) is 5.08. The van der Waals surface area contributed by atoms with Crippen molar-refractivity contribution >= 4 is 0 Å². The number of hydrogen-bond acceptors (Lipinski definition) is 2. The van der Waals surface area contributed by atoms with Gasteiger partial charge in [0.15, 0.2) is 0 Å². The van der Waals surface area contributed by atoms with Crippen molar-refractivity contribution in [2.24, 2.45) is 0 Å². The van der Waals surface area contributed by atoms with E-state index in [0.717, 1.165) is 36.2 Å². The van der Waals surface area contributed by atoms with Gasteiger partial charge in [-0.05, 0) is 24.8 Å². The topological polar surface area (TPSA) is 29.5 Å². The van der Waals surface area contributed by atoms with E-state index in [2.05, 4.69) is 42.5 Å². The molecule has 1 aliphatic rings. The zero-order valence-corrected chi connectivity index (χ0v) is 15.0. The van der Waals surface area contributed by atoms with Gasteiger partial charge >= 0.3 is 0 Å². The Morgan fingerprint density at radius 3 is 2.08 bits per heavy atom. The van der Waals surface area contributed by atoms with E-state index in [1.807, 2.05) is 18.2 Å². The van der Waals surface area contributed by atoms with Crippen molar-refractivity contribution in [1.82, 2.24) is 0 Å². The lowest BCUT2D eigenvalue weighted by atomic mass is 10.0. The van der Waals surface area contributed by atoms with Gasteiger partial charge in [-0.25, -0.2) is 0 Å². The molecule has 1 atom stereocenters. The Morgan fingerprint density at radius 1 is 0.840 bits per heavy atom. The minimum absolute atomic E-state index is 0.406. The molecule has 2 aromatic rings. The summed E-state index contributed by atoms with van der Waals surface area (Å²) in [7, 11) is 0. The van der Waals surface area contributed by atoms with Gasteiger partial charge in [0, 0.05) is 5.56 Å². The SMILES string of the molecule is OC(COCc1ccccc1)C[N+]1(Cc2ccccc2)CCCCC1. The average molecular weight is 340 g/mol. The fourth-order valence-electron chi connectivity index (χ4n) is 3.95. The lowest BCUT2D eigenvalue weighted by Gasteiger charge is -2.42. The Bertz CT molecular complexity index is 608. The average Bonchev–Trinajstić information content (AvgIpc) is 2.64. The van der Waals surface area contributed by atoms with E-state index in [4.69, 9.17) is 4.74 Å². The molecule has 1 heterocycles. The third-order valence-electron chi connectivity index (χ3n) is 5.15. The summed E-state index contributed by atoms with van der Waals surface area (Å²) in [6.07, 6.45) is 3.41. The maximum atomic E-state index is 10.6. The van der Waals surface area contributed by atoms with E-state index in [9.17, 15) is 5.11 Å². The second kappa shape index (κ2) is 9.14. The Morgan fingerprint density at radius 2 is 1.44 bits per heavy atom. The standard InChI is InChI=1S/C22H30NO2/c24-22(19-25-18-21-12-6-2-7-13-21)17-23(14-8-3-9-15-23)16-20-10-4-1-5-11-20/h1-2,4-7,10-13,22,24H,3,8-9,14-19H2/q+1. The largest absolute Gasteiger partial charge is 0.385 e. The first-order valence-electron chi connectivity index (χ1n) is 9.45. The predicted octanol–water partition coefficient (Wildman–Crippen LogP) is 3.77. The minimum Gasteiger partial charge on any atom is -0.385 e. The molecule has 0 aromatic heterocycles. The lowest BCUT2D eigenvalue weighted by molar-refractivity contribution is -0.947. The molecule has 134 valence electrons. The summed E-state index contributed by atoms with van der Waals surface area (Å²) < 4.78 is 6.74. The first-order valence-corrected chi connectivity index (χ1v) is 9.45. The van der Waals surface area contributed by atoms with Crippen LogP contribution in [0.2, 0.25) is 0 Å². The van der Waals surface area contributed by atoms with Crippen molar-refractivity contribution in [3.63, 3.8) is 0 Å². The van der Waals surface area contributed by atoms with Crippen molar-refractivity contribution < 1.29 is 14.3 Å². The van der Waals surface area contributed by atoms with E-state index in [1.165, 1.54) is 24.8 Å². The molecular weight excluding hydrogens is 310 g/mol. The van der Waals surface area contributed by atoms with Gasteiger partial charge in [0.05, 0.1) is 26.3 Å². The van der Waals surface area contributed by atoms with Crippen molar-refractivity contribution in [2.75, 3.05) is 26.2 Å². The molecule has 2 aromatic carbocycles. The number of hydrogen-bond donors (Lipinski definition) is 1. The Labute approximate surface area is 151 Å². The summed E-state index contributed by atoms with van der Waals surface area (Å²) >= 11 is 0. The molecule has 3 heteroatoms. The summed E-state index contributed by atoms with van der Waals surface area (Å²) in [5, 5.41) is 10.6. The summed E-state index contributed by atoms with van der Waals surface area (Å²) in [6, 6.07) is 20.8. The van der Waals surface area contributed by atoms with Crippen LogP contribution in [0, 0.1) is 0 Å². The van der Waals surface area contributed by atoms with Crippen molar-refractivity contribution in [1.29, 1.82) is 0 Å². The number of benzene rings is 2. The Hall–Kier alpha value is -1.68. The van der Waals surface area contributed by atoms with Gasteiger partial charge < -0.3 is 14.3 Å². The van der Waals surface area contributed by atoms with Gasteiger partial charge in [0.2, 0.25) is 0 Å². The molecule has 0 saturated carbocycles. The molecule has 25 heavy (non-hydrogen) atoms. The molecule has 3 rings (SSSR count). The molecule has 3 nitrogen and oxygen atoms in total. The van der Waals surface area contributed by atoms with E-state index in [1.54, 1.807) is 0 Å². The van der Waals surface area contributed by atoms with Crippen molar-refractivity contribution in [2.45, 2.75) is 38.5 Å². The highest BCUT2D eigenvalue weighted by Crippen LogP contribution is 2.23. The highest BCUT2D eigenvalue weighted by Gasteiger charge is 2.32. The van der Waals surface area contributed by atoms with Gasteiger partial charge in [0.1, 0.15) is 19.2 Å². The first-order chi connectivity index (χ1) is 12.3. The summed E-state index contributed by atoms with van der Waals surface area (Å²) in [5.41, 5.74) is 2.52. The van der Waals surface area contributed by atoms with Crippen LogP contribution in [0.1, 0.15) is 30.4 Å². The second-order valence-electron chi connectivity index (χ2n) is 7.33. The molecule has 0 aliphatic carbocycles. The van der Waals surface area contributed by atoms with Gasteiger partial charge in [-0.2, -0.15) is 0 Å². The number of aliphatic hydroxyl groups excluding tert-OH is 1. The third kappa shape index (κ3) is 5.67. The van der Waals surface area contributed by atoms with Crippen molar-refractivity contribution in [3.05, 3.63) is 71.8 Å². The quantitative estimate of drug-likeness (QED) is 0.741. The number of ether oxygens (including phenoxy) is 1. The smallest absolute Gasteiger partial charge is 0.126 e. The number of quaternary nitrogens is 1. The zero-order valence-electron chi connectivity index (χ0n) is 15.0. The number of nitrogens with zero attached hydrogens (tertiary/aromatic N) is 1. The predicted molar refractivity (Wildman–Crippen MR) is 101 cm³/mol. The maximum Gasteiger partial charge on any atom is 0.126 e. The molecule has 1 fully saturated rings. The highest BCUT2D eigenvalue weighted by molar-refractivity contribution is 5.14. The molecule has 1 saturated heterocycles. The molecular formula is C22H30NO2+. The van der Waals surface area contributed by atoms with E-state index < -0.39 is 6.10 Å². The number of piperidine rings is 1. The van der Waals surface area contributed by atoms with Crippen LogP contribution in [-0.2, 0) is 17.9 Å². The normalized spacial score (nSPS) is 18.0. The molecule has 1 unspecified atom stereocenters. The molecule has 0 spiro atoms. The molecule has 1 N–H and O–H groups in total. The van der Waals surface area contributed by atoms with E-state index in [-0.39, 0.29) is 0 Å². The first kappa shape index (κ1) is 18.1. The van der Waals surface area contributed by atoms with Crippen LogP contribution in [0.25, 0.3) is 0 Å². The molecule has 1 aliphatic heterocycles. The second-order valence-corrected chi connectivity index (χ2v) is 7.33. The Balaban J connectivity index is 1.54. The molecule has 0 radical (unpaired) electrons. The number of likely N-dealkylation sites (tertiary alicyclic amines) is 1. The highest BCUT2D eigenvalue weighted by atomic mass is 16.5. The lowest BCUT2D eigenvalue weighted by Crippen LogP contribution is -2.55. The van der Waals surface area contributed by atoms with Crippen LogP contribution >= 0.6 is 0 Å². The number of aliphatic hydroxyl groups is 1. The van der Waals surface area contributed by atoms with Crippen LogP contribution in [0.3, 0.4) is 0 Å². The molecule has 0 amide bonds. The van der Waals surface area contributed by atoms with Crippen LogP contribution in [-0.4, -0.2) is 41.9 Å². The van der Waals surface area contributed by atoms with E-state index >= 15 is 0 Å². The van der Waals surface area contributed by atoms with Crippen molar-refractivity contribution in [3.8, 4) is 0 Å². The van der Waals surface area contributed by atoms with Gasteiger partial charge in [-0.15, -0.1) is 0 Å². The van der Waals surface area contributed by atoms with Crippen LogP contribution in [0.15, 0.2) is 60.7 Å².